The minimum absolute atomic E-state index is 0.708. The number of nitrogens with zero attached hydrogens (tertiary/aromatic N) is 3. The summed E-state index contributed by atoms with van der Waals surface area (Å²) in [7, 11) is 4.17. The third-order valence-corrected chi connectivity index (χ3v) is 6.42. The van der Waals surface area contributed by atoms with Crippen LogP contribution in [-0.4, -0.2) is 42.1 Å². The molecule has 1 aliphatic rings. The van der Waals surface area contributed by atoms with Gasteiger partial charge in [-0.25, -0.2) is 4.98 Å². The fraction of sp³-hybridized carbons (Fsp3) is 0.222. The largest absolute Gasteiger partial charge is 0.367 e. The van der Waals surface area contributed by atoms with Gasteiger partial charge in [0, 0.05) is 42.5 Å². The van der Waals surface area contributed by atoms with Crippen molar-refractivity contribution in [1.82, 2.24) is 14.9 Å². The maximum atomic E-state index is 6.70. The standard InChI is InChI=1S/C27H27ClN4/c1-4-14-32-15-12-19-9-10-21(16-23(19)32)24-25-22(28)11-13-29-27(25)30-26(24)20-7-5-18(6-8-20)17-31(2)3/h4-11,13,16H,1,12,14-15,17H2,2-3H3,(H,29,30). The zero-order valence-corrected chi connectivity index (χ0v) is 19.3. The minimum Gasteiger partial charge on any atom is -0.367 e. The van der Waals surface area contributed by atoms with E-state index in [-0.39, 0.29) is 0 Å². The zero-order valence-electron chi connectivity index (χ0n) is 18.5. The topological polar surface area (TPSA) is 35.2 Å². The van der Waals surface area contributed by atoms with Gasteiger partial charge in [0.2, 0.25) is 0 Å². The van der Waals surface area contributed by atoms with Crippen LogP contribution in [-0.2, 0) is 13.0 Å². The van der Waals surface area contributed by atoms with Crippen LogP contribution in [0.15, 0.2) is 67.4 Å². The second-order valence-electron chi connectivity index (χ2n) is 8.65. The molecular weight excluding hydrogens is 416 g/mol. The number of nitrogens with one attached hydrogen (secondary N) is 1. The molecule has 4 nitrogen and oxygen atoms in total. The molecule has 5 heteroatoms. The van der Waals surface area contributed by atoms with Gasteiger partial charge in [0.15, 0.2) is 0 Å². The number of H-pyrrole nitrogens is 1. The van der Waals surface area contributed by atoms with Crippen LogP contribution in [0.2, 0.25) is 5.02 Å². The summed E-state index contributed by atoms with van der Waals surface area (Å²) in [5.41, 5.74) is 9.18. The smallest absolute Gasteiger partial charge is 0.139 e. The van der Waals surface area contributed by atoms with Crippen molar-refractivity contribution < 1.29 is 0 Å². The summed E-state index contributed by atoms with van der Waals surface area (Å²) in [6.07, 6.45) is 4.79. The quantitative estimate of drug-likeness (QED) is 0.363. The van der Waals surface area contributed by atoms with Crippen LogP contribution >= 0.6 is 11.6 Å². The Morgan fingerprint density at radius 2 is 1.91 bits per heavy atom. The molecule has 2 aromatic carbocycles. The summed E-state index contributed by atoms with van der Waals surface area (Å²) in [5.74, 6) is 0. The molecule has 4 aromatic rings. The third-order valence-electron chi connectivity index (χ3n) is 6.10. The number of aromatic amines is 1. The van der Waals surface area contributed by atoms with E-state index in [0.29, 0.717) is 5.02 Å². The average Bonchev–Trinajstić information content (AvgIpc) is 3.36. The van der Waals surface area contributed by atoms with E-state index in [1.807, 2.05) is 12.1 Å². The molecule has 0 unspecified atom stereocenters. The highest BCUT2D eigenvalue weighted by molar-refractivity contribution is 6.36. The normalized spacial score (nSPS) is 13.2. The molecule has 1 N–H and O–H groups in total. The van der Waals surface area contributed by atoms with Crippen LogP contribution in [0.4, 0.5) is 5.69 Å². The molecule has 0 saturated heterocycles. The summed E-state index contributed by atoms with van der Waals surface area (Å²) in [6, 6.07) is 17.4. The van der Waals surface area contributed by atoms with Crippen LogP contribution in [0.1, 0.15) is 11.1 Å². The van der Waals surface area contributed by atoms with Gasteiger partial charge < -0.3 is 14.8 Å². The second-order valence-corrected chi connectivity index (χ2v) is 9.06. The van der Waals surface area contributed by atoms with Gasteiger partial charge in [-0.2, -0.15) is 0 Å². The summed E-state index contributed by atoms with van der Waals surface area (Å²) >= 11 is 6.70. The first-order chi connectivity index (χ1) is 15.5. The first-order valence-electron chi connectivity index (χ1n) is 10.9. The zero-order chi connectivity index (χ0) is 22.2. The molecule has 0 radical (unpaired) electrons. The van der Waals surface area contributed by atoms with Gasteiger partial charge in [0.05, 0.1) is 10.7 Å². The molecular formula is C27H27ClN4. The van der Waals surface area contributed by atoms with Gasteiger partial charge in [-0.05, 0) is 54.9 Å². The molecule has 0 aliphatic carbocycles. The Morgan fingerprint density at radius 3 is 2.66 bits per heavy atom. The third kappa shape index (κ3) is 3.70. The predicted molar refractivity (Wildman–Crippen MR) is 135 cm³/mol. The Balaban J connectivity index is 1.68. The second kappa shape index (κ2) is 8.45. The molecule has 162 valence electrons. The number of halogens is 1. The number of anilines is 1. The van der Waals surface area contributed by atoms with Gasteiger partial charge in [-0.3, -0.25) is 0 Å². The molecule has 2 aromatic heterocycles. The molecule has 0 amide bonds. The molecule has 0 atom stereocenters. The van der Waals surface area contributed by atoms with Crippen molar-refractivity contribution in [2.24, 2.45) is 0 Å². The number of rotatable bonds is 6. The van der Waals surface area contributed by atoms with Crippen molar-refractivity contribution in [2.45, 2.75) is 13.0 Å². The molecule has 0 fully saturated rings. The molecule has 0 bridgehead atoms. The number of pyridine rings is 1. The minimum atomic E-state index is 0.708. The van der Waals surface area contributed by atoms with Crippen molar-refractivity contribution in [3.63, 3.8) is 0 Å². The lowest BCUT2D eigenvalue weighted by molar-refractivity contribution is 0.402. The molecule has 1 aliphatic heterocycles. The Bertz CT molecular complexity index is 1290. The van der Waals surface area contributed by atoms with E-state index in [1.165, 1.54) is 16.8 Å². The number of hydrogen-bond donors (Lipinski definition) is 1. The maximum Gasteiger partial charge on any atom is 0.139 e. The molecule has 5 rings (SSSR count). The SMILES string of the molecule is C=CCN1CCc2ccc(-c3c(-c4ccc(CN(C)C)cc4)[nH]c4nccc(Cl)c34)cc21. The lowest BCUT2D eigenvalue weighted by Crippen LogP contribution is -2.19. The highest BCUT2D eigenvalue weighted by atomic mass is 35.5. The van der Waals surface area contributed by atoms with Gasteiger partial charge in [-0.15, -0.1) is 6.58 Å². The summed E-state index contributed by atoms with van der Waals surface area (Å²) in [5, 5.41) is 1.68. The Morgan fingerprint density at radius 1 is 1.12 bits per heavy atom. The van der Waals surface area contributed by atoms with Gasteiger partial charge in [0.25, 0.3) is 0 Å². The summed E-state index contributed by atoms with van der Waals surface area (Å²) < 4.78 is 0. The first-order valence-corrected chi connectivity index (χ1v) is 11.3. The van der Waals surface area contributed by atoms with Crippen molar-refractivity contribution in [2.75, 3.05) is 32.1 Å². The average molecular weight is 443 g/mol. The van der Waals surface area contributed by atoms with E-state index in [2.05, 4.69) is 82.9 Å². The fourth-order valence-corrected chi connectivity index (χ4v) is 4.91. The first kappa shape index (κ1) is 20.8. The lowest BCUT2D eigenvalue weighted by atomic mass is 9.96. The molecule has 0 spiro atoms. The lowest BCUT2D eigenvalue weighted by Gasteiger charge is -2.18. The van der Waals surface area contributed by atoms with E-state index in [4.69, 9.17) is 11.6 Å². The van der Waals surface area contributed by atoms with Crippen molar-refractivity contribution in [1.29, 1.82) is 0 Å². The Kier molecular flexibility index (Phi) is 5.50. The van der Waals surface area contributed by atoms with Crippen LogP contribution in [0.5, 0.6) is 0 Å². The molecule has 32 heavy (non-hydrogen) atoms. The Labute approximate surface area is 194 Å². The number of hydrogen-bond acceptors (Lipinski definition) is 3. The summed E-state index contributed by atoms with van der Waals surface area (Å²) in [4.78, 5) is 12.7. The monoisotopic (exact) mass is 442 g/mol. The van der Waals surface area contributed by atoms with E-state index >= 15 is 0 Å². The fourth-order valence-electron chi connectivity index (χ4n) is 4.67. The number of aromatic nitrogens is 2. The van der Waals surface area contributed by atoms with E-state index in [9.17, 15) is 0 Å². The summed E-state index contributed by atoms with van der Waals surface area (Å²) in [6.45, 7) is 6.72. The Hall–Kier alpha value is -3.08. The van der Waals surface area contributed by atoms with E-state index < -0.39 is 0 Å². The molecule has 0 saturated carbocycles. The van der Waals surface area contributed by atoms with Gasteiger partial charge in [0.1, 0.15) is 5.65 Å². The van der Waals surface area contributed by atoms with Crippen LogP contribution in [0.25, 0.3) is 33.4 Å². The number of fused-ring (bicyclic) bond motifs is 2. The van der Waals surface area contributed by atoms with E-state index in [1.54, 1.807) is 6.20 Å². The van der Waals surface area contributed by atoms with E-state index in [0.717, 1.165) is 59.5 Å². The van der Waals surface area contributed by atoms with Crippen LogP contribution in [0, 0.1) is 0 Å². The highest BCUT2D eigenvalue weighted by Gasteiger charge is 2.22. The van der Waals surface area contributed by atoms with Crippen LogP contribution < -0.4 is 4.90 Å². The van der Waals surface area contributed by atoms with Crippen molar-refractivity contribution >= 4 is 28.3 Å². The number of benzene rings is 2. The highest BCUT2D eigenvalue weighted by Crippen LogP contribution is 2.43. The maximum absolute atomic E-state index is 6.70. The van der Waals surface area contributed by atoms with Gasteiger partial charge >= 0.3 is 0 Å². The van der Waals surface area contributed by atoms with Crippen molar-refractivity contribution in [3.05, 3.63) is 83.5 Å². The predicted octanol–water partition coefficient (Wildman–Crippen LogP) is 6.16. The van der Waals surface area contributed by atoms with Crippen molar-refractivity contribution in [3.8, 4) is 22.4 Å². The van der Waals surface area contributed by atoms with Crippen LogP contribution in [0.3, 0.4) is 0 Å². The van der Waals surface area contributed by atoms with Gasteiger partial charge in [-0.1, -0.05) is 54.1 Å². The molecule has 3 heterocycles.